The van der Waals surface area contributed by atoms with Gasteiger partial charge in [0, 0.05) is 0 Å². The third-order valence-corrected chi connectivity index (χ3v) is 1.77. The summed E-state index contributed by atoms with van der Waals surface area (Å²) < 4.78 is 0. The van der Waals surface area contributed by atoms with E-state index in [-0.39, 0.29) is 6.61 Å². The molecule has 0 aliphatic heterocycles. The molecule has 64 valence electrons. The van der Waals surface area contributed by atoms with Crippen molar-refractivity contribution < 1.29 is 5.11 Å². The summed E-state index contributed by atoms with van der Waals surface area (Å²) in [4.78, 5) is 0. The predicted octanol–water partition coefficient (Wildman–Crippen LogP) is 2.67. The Hall–Kier alpha value is -0.560. The number of hydrogen-bond donors (Lipinski definition) is 1. The zero-order valence-electron chi connectivity index (χ0n) is 7.72. The van der Waals surface area contributed by atoms with Gasteiger partial charge in [-0.2, -0.15) is 0 Å². The fraction of sp³-hybridized carbons (Fsp3) is 0.600. The Kier molecular flexibility index (Phi) is 5.86. The normalized spacial score (nSPS) is 13.8. The van der Waals surface area contributed by atoms with Gasteiger partial charge in [0.1, 0.15) is 0 Å². The second-order valence-corrected chi connectivity index (χ2v) is 2.88. The highest BCUT2D eigenvalue weighted by atomic mass is 16.3. The molecule has 1 nitrogen and oxygen atoms in total. The van der Waals surface area contributed by atoms with E-state index in [2.05, 4.69) is 26.0 Å². The van der Waals surface area contributed by atoms with Gasteiger partial charge in [-0.3, -0.25) is 0 Å². The van der Waals surface area contributed by atoms with Crippen molar-refractivity contribution in [3.05, 3.63) is 23.3 Å². The topological polar surface area (TPSA) is 20.2 Å². The minimum Gasteiger partial charge on any atom is -0.392 e. The molecule has 0 saturated carbocycles. The van der Waals surface area contributed by atoms with Gasteiger partial charge in [-0.1, -0.05) is 23.3 Å². The maximum Gasteiger partial charge on any atom is 0.0639 e. The van der Waals surface area contributed by atoms with Gasteiger partial charge in [0.15, 0.2) is 0 Å². The SMILES string of the molecule is C/C=C(\C)CC/C=C(\C)CO. The highest BCUT2D eigenvalue weighted by molar-refractivity contribution is 5.02. The highest BCUT2D eigenvalue weighted by Gasteiger charge is 1.87. The van der Waals surface area contributed by atoms with Crippen molar-refractivity contribution in [2.75, 3.05) is 6.61 Å². The van der Waals surface area contributed by atoms with Crippen molar-refractivity contribution >= 4 is 0 Å². The Morgan fingerprint density at radius 2 is 1.91 bits per heavy atom. The lowest BCUT2D eigenvalue weighted by Crippen LogP contribution is -1.83. The zero-order valence-corrected chi connectivity index (χ0v) is 7.72. The second kappa shape index (κ2) is 6.17. The minimum atomic E-state index is 0.189. The summed E-state index contributed by atoms with van der Waals surface area (Å²) in [7, 11) is 0. The smallest absolute Gasteiger partial charge is 0.0639 e. The summed E-state index contributed by atoms with van der Waals surface area (Å²) in [6, 6.07) is 0. The van der Waals surface area contributed by atoms with Gasteiger partial charge < -0.3 is 5.11 Å². The maximum absolute atomic E-state index is 8.67. The molecule has 0 unspecified atom stereocenters. The number of rotatable bonds is 4. The van der Waals surface area contributed by atoms with E-state index in [0.29, 0.717) is 0 Å². The fourth-order valence-corrected chi connectivity index (χ4v) is 0.755. The monoisotopic (exact) mass is 154 g/mol. The van der Waals surface area contributed by atoms with E-state index in [9.17, 15) is 0 Å². The molecule has 1 heteroatoms. The average molecular weight is 154 g/mol. The zero-order chi connectivity index (χ0) is 8.69. The Morgan fingerprint density at radius 1 is 1.27 bits per heavy atom. The van der Waals surface area contributed by atoms with Gasteiger partial charge in [0.2, 0.25) is 0 Å². The first-order valence-electron chi connectivity index (χ1n) is 4.09. The van der Waals surface area contributed by atoms with E-state index in [1.54, 1.807) is 0 Å². The molecule has 0 aromatic heterocycles. The molecule has 0 rings (SSSR count). The van der Waals surface area contributed by atoms with Crippen molar-refractivity contribution in [3.8, 4) is 0 Å². The van der Waals surface area contributed by atoms with Crippen LogP contribution in [0.2, 0.25) is 0 Å². The van der Waals surface area contributed by atoms with Crippen LogP contribution in [0.25, 0.3) is 0 Å². The molecule has 0 aliphatic rings. The maximum atomic E-state index is 8.67. The van der Waals surface area contributed by atoms with E-state index in [0.717, 1.165) is 18.4 Å². The van der Waals surface area contributed by atoms with E-state index in [4.69, 9.17) is 5.11 Å². The third-order valence-electron chi connectivity index (χ3n) is 1.77. The number of aliphatic hydroxyl groups is 1. The molecule has 0 amide bonds. The van der Waals surface area contributed by atoms with Gasteiger partial charge >= 0.3 is 0 Å². The Balaban J connectivity index is 3.56. The van der Waals surface area contributed by atoms with Gasteiger partial charge in [-0.15, -0.1) is 0 Å². The number of allylic oxidation sites excluding steroid dienone is 3. The van der Waals surface area contributed by atoms with Crippen LogP contribution >= 0.6 is 0 Å². The molecule has 0 aromatic rings. The molecule has 0 radical (unpaired) electrons. The molecule has 0 atom stereocenters. The Bertz CT molecular complexity index is 154. The van der Waals surface area contributed by atoms with E-state index < -0.39 is 0 Å². The van der Waals surface area contributed by atoms with Crippen LogP contribution in [0.15, 0.2) is 23.3 Å². The third kappa shape index (κ3) is 5.86. The quantitative estimate of drug-likeness (QED) is 0.617. The van der Waals surface area contributed by atoms with Crippen LogP contribution in [0.5, 0.6) is 0 Å². The van der Waals surface area contributed by atoms with Crippen LogP contribution in [0, 0.1) is 0 Å². The lowest BCUT2D eigenvalue weighted by Gasteiger charge is -1.97. The van der Waals surface area contributed by atoms with Crippen molar-refractivity contribution in [1.82, 2.24) is 0 Å². The number of aliphatic hydroxyl groups excluding tert-OH is 1. The molecule has 11 heavy (non-hydrogen) atoms. The highest BCUT2D eigenvalue weighted by Crippen LogP contribution is 2.05. The van der Waals surface area contributed by atoms with Crippen LogP contribution in [0.1, 0.15) is 33.6 Å². The van der Waals surface area contributed by atoms with Crippen molar-refractivity contribution in [2.24, 2.45) is 0 Å². The predicted molar refractivity (Wildman–Crippen MR) is 49.5 cm³/mol. The molecule has 0 aromatic carbocycles. The molecule has 0 saturated heterocycles. The molecule has 0 fully saturated rings. The molecule has 1 N–H and O–H groups in total. The molecular weight excluding hydrogens is 136 g/mol. The lowest BCUT2D eigenvalue weighted by molar-refractivity contribution is 0.331. The Labute approximate surface area is 69.4 Å². The van der Waals surface area contributed by atoms with E-state index >= 15 is 0 Å². The second-order valence-electron chi connectivity index (χ2n) is 2.88. The van der Waals surface area contributed by atoms with Crippen LogP contribution in [-0.4, -0.2) is 11.7 Å². The molecule has 0 aliphatic carbocycles. The van der Waals surface area contributed by atoms with Gasteiger partial charge in [0.25, 0.3) is 0 Å². The molecule has 0 spiro atoms. The van der Waals surface area contributed by atoms with Crippen LogP contribution < -0.4 is 0 Å². The van der Waals surface area contributed by atoms with Crippen molar-refractivity contribution in [2.45, 2.75) is 33.6 Å². The van der Waals surface area contributed by atoms with Gasteiger partial charge in [0.05, 0.1) is 6.61 Å². The standard InChI is InChI=1S/C10H18O/c1-4-9(2)6-5-7-10(3)8-11/h4,7,11H,5-6,8H2,1-3H3/b9-4+,10-7+. The Morgan fingerprint density at radius 3 is 2.36 bits per heavy atom. The van der Waals surface area contributed by atoms with Crippen LogP contribution in [-0.2, 0) is 0 Å². The summed E-state index contributed by atoms with van der Waals surface area (Å²) in [6.07, 6.45) is 6.37. The van der Waals surface area contributed by atoms with E-state index in [1.807, 2.05) is 6.92 Å². The first-order valence-corrected chi connectivity index (χ1v) is 4.09. The van der Waals surface area contributed by atoms with Crippen LogP contribution in [0.3, 0.4) is 0 Å². The summed E-state index contributed by atoms with van der Waals surface area (Å²) in [5.74, 6) is 0. The molecular formula is C10H18O. The first kappa shape index (κ1) is 10.4. The van der Waals surface area contributed by atoms with Crippen molar-refractivity contribution in [1.29, 1.82) is 0 Å². The summed E-state index contributed by atoms with van der Waals surface area (Å²) in [5, 5.41) is 8.67. The van der Waals surface area contributed by atoms with Gasteiger partial charge in [-0.25, -0.2) is 0 Å². The summed E-state index contributed by atoms with van der Waals surface area (Å²) in [6.45, 7) is 6.32. The van der Waals surface area contributed by atoms with E-state index in [1.165, 1.54) is 5.57 Å². The molecule has 0 heterocycles. The molecule has 0 bridgehead atoms. The van der Waals surface area contributed by atoms with Crippen LogP contribution in [0.4, 0.5) is 0 Å². The minimum absolute atomic E-state index is 0.189. The largest absolute Gasteiger partial charge is 0.392 e. The fourth-order valence-electron chi connectivity index (χ4n) is 0.755. The lowest BCUT2D eigenvalue weighted by atomic mass is 10.1. The number of hydrogen-bond acceptors (Lipinski definition) is 1. The summed E-state index contributed by atoms with van der Waals surface area (Å²) in [5.41, 5.74) is 2.47. The summed E-state index contributed by atoms with van der Waals surface area (Å²) >= 11 is 0. The van der Waals surface area contributed by atoms with Crippen molar-refractivity contribution in [3.63, 3.8) is 0 Å². The first-order chi connectivity index (χ1) is 5.20. The van der Waals surface area contributed by atoms with Gasteiger partial charge in [-0.05, 0) is 33.6 Å². The average Bonchev–Trinajstić information content (AvgIpc) is 2.04.